The first kappa shape index (κ1) is 14.4. The predicted molar refractivity (Wildman–Crippen MR) is 69.0 cm³/mol. The molecule has 1 aliphatic rings. The van der Waals surface area contributed by atoms with Crippen LogP contribution in [0.25, 0.3) is 0 Å². The van der Waals surface area contributed by atoms with Crippen molar-refractivity contribution in [1.29, 1.82) is 0 Å². The van der Waals surface area contributed by atoms with E-state index in [1.54, 1.807) is 6.92 Å². The highest BCUT2D eigenvalue weighted by Gasteiger charge is 2.21. The fourth-order valence-electron chi connectivity index (χ4n) is 1.86. The Labute approximate surface area is 107 Å². The topological polar surface area (TPSA) is 55.4 Å². The van der Waals surface area contributed by atoms with Crippen molar-refractivity contribution < 1.29 is 14.3 Å². The summed E-state index contributed by atoms with van der Waals surface area (Å²) in [6, 6.07) is 0.341. The van der Waals surface area contributed by atoms with Gasteiger partial charge in [-0.05, 0) is 26.7 Å². The van der Waals surface area contributed by atoms with Gasteiger partial charge >= 0.3 is 5.97 Å². The number of carbonyl (C=O) groups is 2. The van der Waals surface area contributed by atoms with Crippen LogP contribution in [0.4, 0.5) is 0 Å². The molecule has 1 atom stereocenters. The second kappa shape index (κ2) is 7.58. The molecule has 1 amide bonds. The Hall–Kier alpha value is -0.710. The van der Waals surface area contributed by atoms with Crippen LogP contribution in [-0.4, -0.2) is 35.5 Å². The molecule has 1 fully saturated rings. The van der Waals surface area contributed by atoms with Crippen molar-refractivity contribution in [3.8, 4) is 0 Å². The predicted octanol–water partition coefficient (Wildman–Crippen LogP) is 1.73. The molecule has 0 unspecified atom stereocenters. The van der Waals surface area contributed by atoms with Gasteiger partial charge in [-0.1, -0.05) is 12.8 Å². The molecule has 0 aromatic carbocycles. The number of esters is 1. The summed E-state index contributed by atoms with van der Waals surface area (Å²) in [5.74, 6) is 0.0248. The van der Waals surface area contributed by atoms with E-state index in [9.17, 15) is 9.59 Å². The van der Waals surface area contributed by atoms with Gasteiger partial charge in [0, 0.05) is 6.04 Å². The molecule has 0 saturated heterocycles. The highest BCUT2D eigenvalue weighted by Crippen LogP contribution is 2.19. The number of hydrogen-bond donors (Lipinski definition) is 1. The van der Waals surface area contributed by atoms with Crippen molar-refractivity contribution >= 4 is 23.6 Å². The van der Waals surface area contributed by atoms with Gasteiger partial charge in [-0.3, -0.25) is 9.59 Å². The zero-order valence-electron chi connectivity index (χ0n) is 10.5. The lowest BCUT2D eigenvalue weighted by Crippen LogP contribution is -2.38. The van der Waals surface area contributed by atoms with Gasteiger partial charge < -0.3 is 10.1 Å². The molecule has 1 rings (SSSR count). The summed E-state index contributed by atoms with van der Waals surface area (Å²) in [7, 11) is 0. The number of hydrogen-bond acceptors (Lipinski definition) is 4. The molecule has 4 nitrogen and oxygen atoms in total. The number of carbonyl (C=O) groups excluding carboxylic acids is 2. The summed E-state index contributed by atoms with van der Waals surface area (Å²) >= 11 is 1.33. The molecule has 0 radical (unpaired) electrons. The smallest absolute Gasteiger partial charge is 0.315 e. The van der Waals surface area contributed by atoms with E-state index in [2.05, 4.69) is 5.32 Å². The highest BCUT2D eigenvalue weighted by atomic mass is 32.2. The maximum absolute atomic E-state index is 11.8. The maximum Gasteiger partial charge on any atom is 0.315 e. The number of amides is 1. The zero-order valence-corrected chi connectivity index (χ0v) is 11.3. The summed E-state index contributed by atoms with van der Waals surface area (Å²) in [6.45, 7) is 4.00. The Bertz CT molecular complexity index is 264. The highest BCUT2D eigenvalue weighted by molar-refractivity contribution is 8.01. The quantitative estimate of drug-likeness (QED) is 0.738. The number of ether oxygens (including phenoxy) is 1. The van der Waals surface area contributed by atoms with Crippen LogP contribution in [0.2, 0.25) is 0 Å². The number of thioether (sulfide) groups is 1. The molecule has 5 heteroatoms. The van der Waals surface area contributed by atoms with E-state index in [0.717, 1.165) is 12.8 Å². The average Bonchev–Trinajstić information content (AvgIpc) is 2.79. The summed E-state index contributed by atoms with van der Waals surface area (Å²) in [5, 5.41) is 2.83. The fourth-order valence-corrected chi connectivity index (χ4v) is 2.55. The molecule has 0 heterocycles. The van der Waals surface area contributed by atoms with Crippen LogP contribution in [-0.2, 0) is 14.3 Å². The van der Waals surface area contributed by atoms with E-state index in [-0.39, 0.29) is 22.9 Å². The van der Waals surface area contributed by atoms with E-state index in [0.29, 0.717) is 12.6 Å². The normalized spacial score (nSPS) is 17.8. The third-order valence-corrected chi connectivity index (χ3v) is 3.94. The molecular weight excluding hydrogens is 238 g/mol. The Balaban J connectivity index is 2.19. The molecule has 0 aromatic rings. The second-order valence-electron chi connectivity index (χ2n) is 4.25. The molecule has 1 aliphatic carbocycles. The van der Waals surface area contributed by atoms with Crippen molar-refractivity contribution in [2.24, 2.45) is 0 Å². The van der Waals surface area contributed by atoms with Crippen molar-refractivity contribution in [3.05, 3.63) is 0 Å². The van der Waals surface area contributed by atoms with Gasteiger partial charge in [0.05, 0.1) is 17.6 Å². The van der Waals surface area contributed by atoms with Gasteiger partial charge in [-0.15, -0.1) is 11.8 Å². The van der Waals surface area contributed by atoms with E-state index in [4.69, 9.17) is 4.74 Å². The van der Waals surface area contributed by atoms with Crippen molar-refractivity contribution in [2.75, 3.05) is 12.4 Å². The monoisotopic (exact) mass is 259 g/mol. The van der Waals surface area contributed by atoms with Gasteiger partial charge in [0.1, 0.15) is 0 Å². The number of nitrogens with one attached hydrogen (secondary N) is 1. The fraction of sp³-hybridized carbons (Fsp3) is 0.833. The summed E-state index contributed by atoms with van der Waals surface area (Å²) in [6.07, 6.45) is 4.58. The molecule has 0 aliphatic heterocycles. The first-order valence-corrected chi connectivity index (χ1v) is 7.26. The minimum atomic E-state index is -0.252. The standard InChI is InChI=1S/C12H21NO3S/c1-3-16-11(14)8-17-9(2)12(15)13-10-6-4-5-7-10/h9-10H,3-8H2,1-2H3,(H,13,15)/t9-/m0/s1. The average molecular weight is 259 g/mol. The van der Waals surface area contributed by atoms with Crippen LogP contribution in [0.5, 0.6) is 0 Å². The van der Waals surface area contributed by atoms with E-state index >= 15 is 0 Å². The van der Waals surface area contributed by atoms with Crippen LogP contribution in [0.15, 0.2) is 0 Å². The lowest BCUT2D eigenvalue weighted by molar-refractivity contribution is -0.139. The summed E-state index contributed by atoms with van der Waals surface area (Å²) in [4.78, 5) is 22.9. The third-order valence-electron chi connectivity index (χ3n) is 2.83. The van der Waals surface area contributed by atoms with Gasteiger partial charge in [-0.25, -0.2) is 0 Å². The lowest BCUT2D eigenvalue weighted by atomic mass is 10.2. The SMILES string of the molecule is CCOC(=O)CS[C@@H](C)C(=O)NC1CCCC1. The molecule has 0 aromatic heterocycles. The largest absolute Gasteiger partial charge is 0.465 e. The summed E-state index contributed by atoms with van der Waals surface area (Å²) in [5.41, 5.74) is 0. The van der Waals surface area contributed by atoms with E-state index in [1.165, 1.54) is 24.6 Å². The first-order valence-electron chi connectivity index (χ1n) is 6.21. The van der Waals surface area contributed by atoms with Crippen molar-refractivity contribution in [1.82, 2.24) is 5.32 Å². The summed E-state index contributed by atoms with van der Waals surface area (Å²) < 4.78 is 4.81. The van der Waals surface area contributed by atoms with E-state index < -0.39 is 0 Å². The first-order chi connectivity index (χ1) is 8.13. The van der Waals surface area contributed by atoms with Crippen molar-refractivity contribution in [3.63, 3.8) is 0 Å². The third kappa shape index (κ3) is 5.44. The van der Waals surface area contributed by atoms with Crippen LogP contribution in [0, 0.1) is 0 Å². The van der Waals surface area contributed by atoms with Gasteiger partial charge in [0.2, 0.25) is 5.91 Å². The molecule has 17 heavy (non-hydrogen) atoms. The Morgan fingerprint density at radius 1 is 1.41 bits per heavy atom. The van der Waals surface area contributed by atoms with Gasteiger partial charge in [0.15, 0.2) is 0 Å². The lowest BCUT2D eigenvalue weighted by Gasteiger charge is -2.15. The van der Waals surface area contributed by atoms with Crippen molar-refractivity contribution in [2.45, 2.75) is 50.8 Å². The second-order valence-corrected chi connectivity index (χ2v) is 5.58. The Morgan fingerprint density at radius 2 is 2.06 bits per heavy atom. The molecule has 98 valence electrons. The van der Waals surface area contributed by atoms with Crippen LogP contribution < -0.4 is 5.32 Å². The van der Waals surface area contributed by atoms with Crippen LogP contribution in [0.1, 0.15) is 39.5 Å². The number of rotatable bonds is 6. The zero-order chi connectivity index (χ0) is 12.7. The molecular formula is C12H21NO3S. The van der Waals surface area contributed by atoms with Crippen LogP contribution in [0.3, 0.4) is 0 Å². The Kier molecular flexibility index (Phi) is 6.40. The molecule has 0 spiro atoms. The maximum atomic E-state index is 11.8. The molecule has 1 N–H and O–H groups in total. The molecule has 0 bridgehead atoms. The minimum absolute atomic E-state index is 0.0335. The van der Waals surface area contributed by atoms with Gasteiger partial charge in [0.25, 0.3) is 0 Å². The minimum Gasteiger partial charge on any atom is -0.465 e. The van der Waals surface area contributed by atoms with Crippen LogP contribution >= 0.6 is 11.8 Å². The Morgan fingerprint density at radius 3 is 2.65 bits per heavy atom. The van der Waals surface area contributed by atoms with E-state index in [1.807, 2.05) is 6.92 Å². The van der Waals surface area contributed by atoms with Gasteiger partial charge in [-0.2, -0.15) is 0 Å². The molecule has 1 saturated carbocycles.